The Balaban J connectivity index is 2.12. The molecule has 0 aliphatic rings. The third-order valence-electron chi connectivity index (χ3n) is 2.43. The van der Waals surface area contributed by atoms with E-state index >= 15 is 0 Å². The summed E-state index contributed by atoms with van der Waals surface area (Å²) in [5.74, 6) is 1.00. The number of nitrogens with zero attached hydrogens (tertiary/aromatic N) is 1. The van der Waals surface area contributed by atoms with Crippen molar-refractivity contribution < 1.29 is 4.42 Å². The number of para-hydroxylation sites is 1. The van der Waals surface area contributed by atoms with Crippen molar-refractivity contribution in [2.75, 3.05) is 11.4 Å². The molecule has 0 N–H and O–H groups in total. The van der Waals surface area contributed by atoms with Crippen LogP contribution >= 0.6 is 0 Å². The van der Waals surface area contributed by atoms with Crippen LogP contribution in [0.4, 0.5) is 5.69 Å². The van der Waals surface area contributed by atoms with Crippen molar-refractivity contribution in [1.29, 1.82) is 0 Å². The van der Waals surface area contributed by atoms with Crippen LogP contribution in [0.15, 0.2) is 53.1 Å². The number of benzene rings is 1. The molecule has 2 rings (SSSR count). The lowest BCUT2D eigenvalue weighted by Crippen LogP contribution is -2.21. The van der Waals surface area contributed by atoms with E-state index in [1.54, 1.807) is 6.26 Å². The Morgan fingerprint density at radius 2 is 1.87 bits per heavy atom. The zero-order chi connectivity index (χ0) is 10.5. The van der Waals surface area contributed by atoms with Crippen molar-refractivity contribution in [1.82, 2.24) is 0 Å². The Bertz CT molecular complexity index is 380. The minimum Gasteiger partial charge on any atom is -0.467 e. The normalized spacial score (nSPS) is 10.2. The van der Waals surface area contributed by atoms with Crippen LogP contribution < -0.4 is 4.90 Å². The lowest BCUT2D eigenvalue weighted by molar-refractivity contribution is 0.503. The molecule has 2 aromatic rings. The summed E-state index contributed by atoms with van der Waals surface area (Å²) in [5, 5.41) is 0. The minimum atomic E-state index is 0.827. The second-order valence-corrected chi connectivity index (χ2v) is 3.43. The van der Waals surface area contributed by atoms with Crippen LogP contribution in [0.5, 0.6) is 0 Å². The Hall–Kier alpha value is -1.70. The predicted molar refractivity (Wildman–Crippen MR) is 61.9 cm³/mol. The van der Waals surface area contributed by atoms with Crippen molar-refractivity contribution in [3.8, 4) is 0 Å². The molecule has 78 valence electrons. The molecule has 0 saturated heterocycles. The molecule has 2 heteroatoms. The monoisotopic (exact) mass is 201 g/mol. The fraction of sp³-hybridized carbons (Fsp3) is 0.231. The third-order valence-corrected chi connectivity index (χ3v) is 2.43. The van der Waals surface area contributed by atoms with E-state index in [1.807, 2.05) is 18.2 Å². The zero-order valence-corrected chi connectivity index (χ0v) is 8.89. The molecule has 0 unspecified atom stereocenters. The van der Waals surface area contributed by atoms with Gasteiger partial charge < -0.3 is 9.32 Å². The molecule has 15 heavy (non-hydrogen) atoms. The maximum Gasteiger partial charge on any atom is 0.123 e. The number of furan rings is 1. The van der Waals surface area contributed by atoms with Gasteiger partial charge in [-0.1, -0.05) is 18.2 Å². The van der Waals surface area contributed by atoms with Crippen molar-refractivity contribution in [3.63, 3.8) is 0 Å². The van der Waals surface area contributed by atoms with Crippen LogP contribution in [0.3, 0.4) is 0 Å². The summed E-state index contributed by atoms with van der Waals surface area (Å²) in [6.45, 7) is 3.95. The molecular weight excluding hydrogens is 186 g/mol. The number of hydrogen-bond donors (Lipinski definition) is 0. The average Bonchev–Trinajstić information content (AvgIpc) is 2.80. The zero-order valence-electron chi connectivity index (χ0n) is 8.89. The number of anilines is 1. The van der Waals surface area contributed by atoms with Gasteiger partial charge in [0, 0.05) is 12.2 Å². The first kappa shape index (κ1) is 9.84. The Morgan fingerprint density at radius 1 is 1.07 bits per heavy atom. The highest BCUT2D eigenvalue weighted by Crippen LogP contribution is 2.16. The van der Waals surface area contributed by atoms with Crippen LogP contribution in [0, 0.1) is 0 Å². The second kappa shape index (κ2) is 4.69. The molecule has 0 bridgehead atoms. The van der Waals surface area contributed by atoms with Crippen LogP contribution in [-0.2, 0) is 6.54 Å². The standard InChI is InChI=1S/C13H15NO/c1-2-14(11-13-9-6-10-15-13)12-7-4-3-5-8-12/h3-10H,2,11H2,1H3. The van der Waals surface area contributed by atoms with Gasteiger partial charge in [0.2, 0.25) is 0 Å². The first-order valence-corrected chi connectivity index (χ1v) is 5.22. The molecule has 1 aromatic carbocycles. The van der Waals surface area contributed by atoms with Gasteiger partial charge >= 0.3 is 0 Å². The summed E-state index contributed by atoms with van der Waals surface area (Å²) in [4.78, 5) is 2.28. The van der Waals surface area contributed by atoms with E-state index in [0.717, 1.165) is 18.8 Å². The van der Waals surface area contributed by atoms with Gasteiger partial charge in [-0.05, 0) is 31.2 Å². The van der Waals surface area contributed by atoms with Crippen LogP contribution in [-0.4, -0.2) is 6.54 Å². The maximum atomic E-state index is 5.35. The van der Waals surface area contributed by atoms with Crippen molar-refractivity contribution in [2.45, 2.75) is 13.5 Å². The van der Waals surface area contributed by atoms with Gasteiger partial charge in [0.25, 0.3) is 0 Å². The third kappa shape index (κ3) is 2.40. The molecule has 0 fully saturated rings. The van der Waals surface area contributed by atoms with Gasteiger partial charge in [0.15, 0.2) is 0 Å². The van der Waals surface area contributed by atoms with E-state index in [0.29, 0.717) is 0 Å². The molecule has 2 nitrogen and oxygen atoms in total. The van der Waals surface area contributed by atoms with Crippen LogP contribution in [0.25, 0.3) is 0 Å². The van der Waals surface area contributed by atoms with Gasteiger partial charge in [0.05, 0.1) is 12.8 Å². The van der Waals surface area contributed by atoms with Gasteiger partial charge in [-0.25, -0.2) is 0 Å². The topological polar surface area (TPSA) is 16.4 Å². The lowest BCUT2D eigenvalue weighted by atomic mass is 10.2. The van der Waals surface area contributed by atoms with Crippen LogP contribution in [0.1, 0.15) is 12.7 Å². The fourth-order valence-corrected chi connectivity index (χ4v) is 1.62. The molecule has 0 spiro atoms. The Kier molecular flexibility index (Phi) is 3.08. The highest BCUT2D eigenvalue weighted by atomic mass is 16.3. The van der Waals surface area contributed by atoms with E-state index in [-0.39, 0.29) is 0 Å². The van der Waals surface area contributed by atoms with Gasteiger partial charge in [-0.3, -0.25) is 0 Å². The molecule has 0 saturated carbocycles. The minimum absolute atomic E-state index is 0.827. The van der Waals surface area contributed by atoms with Crippen LogP contribution in [0.2, 0.25) is 0 Å². The largest absolute Gasteiger partial charge is 0.467 e. The molecule has 1 heterocycles. The molecule has 0 aliphatic heterocycles. The smallest absolute Gasteiger partial charge is 0.123 e. The van der Waals surface area contributed by atoms with E-state index in [1.165, 1.54) is 5.69 Å². The van der Waals surface area contributed by atoms with Crippen molar-refractivity contribution >= 4 is 5.69 Å². The quantitative estimate of drug-likeness (QED) is 0.754. The summed E-state index contributed by atoms with van der Waals surface area (Å²) in [7, 11) is 0. The van der Waals surface area contributed by atoms with Gasteiger partial charge in [-0.2, -0.15) is 0 Å². The summed E-state index contributed by atoms with van der Waals surface area (Å²) in [6, 6.07) is 14.3. The Labute approximate surface area is 90.1 Å². The fourth-order valence-electron chi connectivity index (χ4n) is 1.62. The number of hydrogen-bond acceptors (Lipinski definition) is 2. The summed E-state index contributed by atoms with van der Waals surface area (Å²) in [6.07, 6.45) is 1.72. The highest BCUT2D eigenvalue weighted by Gasteiger charge is 2.05. The van der Waals surface area contributed by atoms with Crippen molar-refractivity contribution in [3.05, 3.63) is 54.5 Å². The lowest BCUT2D eigenvalue weighted by Gasteiger charge is -2.21. The average molecular weight is 201 g/mol. The van der Waals surface area contributed by atoms with Gasteiger partial charge in [0.1, 0.15) is 5.76 Å². The summed E-state index contributed by atoms with van der Waals surface area (Å²) < 4.78 is 5.35. The molecule has 0 aliphatic carbocycles. The molecule has 0 amide bonds. The molecule has 0 atom stereocenters. The highest BCUT2D eigenvalue weighted by molar-refractivity contribution is 5.45. The van der Waals surface area contributed by atoms with Gasteiger partial charge in [-0.15, -0.1) is 0 Å². The first-order chi connectivity index (χ1) is 7.40. The summed E-state index contributed by atoms with van der Waals surface area (Å²) in [5.41, 5.74) is 1.23. The maximum absolute atomic E-state index is 5.35. The van der Waals surface area contributed by atoms with E-state index in [9.17, 15) is 0 Å². The molecule has 0 radical (unpaired) electrons. The SMILES string of the molecule is CCN(Cc1ccco1)c1ccccc1. The first-order valence-electron chi connectivity index (χ1n) is 5.22. The predicted octanol–water partition coefficient (Wildman–Crippen LogP) is 3.31. The van der Waals surface area contributed by atoms with E-state index < -0.39 is 0 Å². The second-order valence-electron chi connectivity index (χ2n) is 3.43. The Morgan fingerprint density at radius 3 is 2.47 bits per heavy atom. The van der Waals surface area contributed by atoms with Crippen molar-refractivity contribution in [2.24, 2.45) is 0 Å². The summed E-state index contributed by atoms with van der Waals surface area (Å²) >= 11 is 0. The molecule has 1 aromatic heterocycles. The molecular formula is C13H15NO. The van der Waals surface area contributed by atoms with E-state index in [4.69, 9.17) is 4.42 Å². The number of rotatable bonds is 4. The van der Waals surface area contributed by atoms with E-state index in [2.05, 4.69) is 36.1 Å².